The van der Waals surface area contributed by atoms with Gasteiger partial charge in [0.1, 0.15) is 0 Å². The van der Waals surface area contributed by atoms with Gasteiger partial charge < -0.3 is 14.2 Å². The molecule has 1 saturated carbocycles. The summed E-state index contributed by atoms with van der Waals surface area (Å²) in [7, 11) is 1.69. The third-order valence-electron chi connectivity index (χ3n) is 4.43. The summed E-state index contributed by atoms with van der Waals surface area (Å²) in [5.41, 5.74) is 0.521. The minimum Gasteiger partial charge on any atom is -0.382 e. The Labute approximate surface area is 138 Å². The fraction of sp³-hybridized carbons (Fsp3) is 1.00. The summed E-state index contributed by atoms with van der Waals surface area (Å²) < 4.78 is 17.7. The van der Waals surface area contributed by atoms with E-state index in [1.807, 2.05) is 0 Å². The Morgan fingerprint density at radius 1 is 1.05 bits per heavy atom. The van der Waals surface area contributed by atoms with E-state index in [2.05, 4.69) is 43.4 Å². The van der Waals surface area contributed by atoms with E-state index in [1.54, 1.807) is 7.11 Å². The summed E-state index contributed by atoms with van der Waals surface area (Å²) in [5, 5.41) is 0. The minimum atomic E-state index is 0.0902. The molecule has 0 aliphatic heterocycles. The van der Waals surface area contributed by atoms with Crippen molar-refractivity contribution in [2.45, 2.75) is 52.1 Å². The molecule has 3 nitrogen and oxygen atoms in total. The topological polar surface area (TPSA) is 27.7 Å². The van der Waals surface area contributed by atoms with E-state index in [1.165, 1.54) is 25.7 Å². The van der Waals surface area contributed by atoms with Gasteiger partial charge in [0.25, 0.3) is 0 Å². The Kier molecular flexibility index (Phi) is 8.31. The van der Waals surface area contributed by atoms with Crippen LogP contribution in [0.3, 0.4) is 0 Å². The van der Waals surface area contributed by atoms with E-state index in [0.29, 0.717) is 31.8 Å². The zero-order chi connectivity index (χ0) is 15.1. The second kappa shape index (κ2) is 8.91. The van der Waals surface area contributed by atoms with E-state index < -0.39 is 0 Å². The highest BCUT2D eigenvalue weighted by atomic mass is 127. The summed E-state index contributed by atoms with van der Waals surface area (Å²) in [6.07, 6.45) is 4.96. The van der Waals surface area contributed by atoms with Gasteiger partial charge in [-0.15, -0.1) is 0 Å². The smallest absolute Gasteiger partial charge is 0.0772 e. The molecule has 1 rings (SSSR count). The zero-order valence-corrected chi connectivity index (χ0v) is 15.7. The highest BCUT2D eigenvalue weighted by Gasteiger charge is 2.38. The molecule has 0 aromatic heterocycles. The van der Waals surface area contributed by atoms with Crippen molar-refractivity contribution in [3.05, 3.63) is 0 Å². The van der Waals surface area contributed by atoms with E-state index in [9.17, 15) is 0 Å². The third-order valence-corrected chi connectivity index (χ3v) is 5.82. The third kappa shape index (κ3) is 6.16. The monoisotopic (exact) mass is 398 g/mol. The lowest BCUT2D eigenvalue weighted by Crippen LogP contribution is -2.42. The van der Waals surface area contributed by atoms with E-state index in [0.717, 1.165) is 10.3 Å². The van der Waals surface area contributed by atoms with Crippen LogP contribution in [0, 0.1) is 11.3 Å². The molecular weight excluding hydrogens is 367 g/mol. The van der Waals surface area contributed by atoms with E-state index in [-0.39, 0.29) is 5.60 Å². The van der Waals surface area contributed by atoms with Gasteiger partial charge in [0, 0.05) is 11.5 Å². The molecule has 0 bridgehead atoms. The van der Waals surface area contributed by atoms with Gasteiger partial charge in [0.05, 0.1) is 32.0 Å². The quantitative estimate of drug-likeness (QED) is 0.350. The number of halogens is 1. The summed E-state index contributed by atoms with van der Waals surface area (Å²) >= 11 is 2.48. The van der Waals surface area contributed by atoms with Gasteiger partial charge in [-0.2, -0.15) is 0 Å². The van der Waals surface area contributed by atoms with Crippen LogP contribution in [0.1, 0.15) is 46.5 Å². The van der Waals surface area contributed by atoms with Crippen molar-refractivity contribution >= 4 is 22.6 Å². The van der Waals surface area contributed by atoms with Crippen LogP contribution in [0.2, 0.25) is 0 Å². The zero-order valence-electron chi connectivity index (χ0n) is 13.5. The van der Waals surface area contributed by atoms with Crippen LogP contribution in [-0.4, -0.2) is 43.6 Å². The molecule has 0 spiro atoms. The average Bonchev–Trinajstić information content (AvgIpc) is 2.42. The molecule has 0 aromatic rings. The number of ether oxygens (including phenoxy) is 3. The molecule has 1 fully saturated rings. The molecule has 1 aliphatic carbocycles. The van der Waals surface area contributed by atoms with Crippen molar-refractivity contribution in [1.82, 2.24) is 0 Å². The molecule has 20 heavy (non-hydrogen) atoms. The van der Waals surface area contributed by atoms with Gasteiger partial charge in [0.15, 0.2) is 0 Å². The molecule has 0 radical (unpaired) electrons. The number of hydrogen-bond acceptors (Lipinski definition) is 3. The van der Waals surface area contributed by atoms with Crippen LogP contribution in [0.5, 0.6) is 0 Å². The first-order chi connectivity index (χ1) is 9.43. The van der Waals surface area contributed by atoms with Crippen LogP contribution in [0.25, 0.3) is 0 Å². The van der Waals surface area contributed by atoms with E-state index in [4.69, 9.17) is 14.2 Å². The van der Waals surface area contributed by atoms with Crippen LogP contribution in [0.4, 0.5) is 0 Å². The fourth-order valence-corrected chi connectivity index (χ4v) is 3.87. The maximum atomic E-state index is 6.19. The molecule has 4 heteroatoms. The second-order valence-corrected chi connectivity index (χ2v) is 7.67. The van der Waals surface area contributed by atoms with Crippen LogP contribution in [0.15, 0.2) is 0 Å². The Morgan fingerprint density at radius 2 is 1.65 bits per heavy atom. The SMILES string of the molecule is COCCOCCOC1(CI)CCC(C(C)(C)C)CC1. The van der Waals surface area contributed by atoms with Crippen molar-refractivity contribution in [2.75, 3.05) is 38.0 Å². The lowest BCUT2D eigenvalue weighted by atomic mass is 9.69. The molecule has 0 unspecified atom stereocenters. The molecule has 0 N–H and O–H groups in total. The number of hydrogen-bond donors (Lipinski definition) is 0. The van der Waals surface area contributed by atoms with E-state index >= 15 is 0 Å². The predicted molar refractivity (Wildman–Crippen MR) is 91.7 cm³/mol. The Hall–Kier alpha value is 0.610. The molecular formula is C16H31IO3. The van der Waals surface area contributed by atoms with Crippen molar-refractivity contribution < 1.29 is 14.2 Å². The number of alkyl halides is 1. The highest BCUT2D eigenvalue weighted by Crippen LogP contribution is 2.43. The van der Waals surface area contributed by atoms with Gasteiger partial charge in [-0.3, -0.25) is 0 Å². The van der Waals surface area contributed by atoms with Crippen LogP contribution < -0.4 is 0 Å². The summed E-state index contributed by atoms with van der Waals surface area (Å²) in [6, 6.07) is 0. The molecule has 0 amide bonds. The molecule has 0 atom stereocenters. The molecule has 0 aromatic carbocycles. The molecule has 120 valence electrons. The predicted octanol–water partition coefficient (Wildman–Crippen LogP) is 4.08. The minimum absolute atomic E-state index is 0.0902. The Balaban J connectivity index is 2.28. The van der Waals surface area contributed by atoms with Crippen molar-refractivity contribution in [3.8, 4) is 0 Å². The van der Waals surface area contributed by atoms with Crippen molar-refractivity contribution in [2.24, 2.45) is 11.3 Å². The van der Waals surface area contributed by atoms with Crippen LogP contribution >= 0.6 is 22.6 Å². The first kappa shape index (κ1) is 18.7. The maximum absolute atomic E-state index is 6.19. The largest absolute Gasteiger partial charge is 0.382 e. The van der Waals surface area contributed by atoms with Crippen molar-refractivity contribution in [1.29, 1.82) is 0 Å². The second-order valence-electron chi connectivity index (χ2n) is 6.91. The van der Waals surface area contributed by atoms with Gasteiger partial charge in [-0.25, -0.2) is 0 Å². The highest BCUT2D eigenvalue weighted by molar-refractivity contribution is 14.1. The summed E-state index contributed by atoms with van der Waals surface area (Å²) in [4.78, 5) is 0. The van der Waals surface area contributed by atoms with Crippen LogP contribution in [-0.2, 0) is 14.2 Å². The first-order valence-electron chi connectivity index (χ1n) is 7.70. The maximum Gasteiger partial charge on any atom is 0.0772 e. The Bertz CT molecular complexity index is 255. The van der Waals surface area contributed by atoms with Gasteiger partial charge in [0.2, 0.25) is 0 Å². The fourth-order valence-electron chi connectivity index (χ4n) is 2.89. The van der Waals surface area contributed by atoms with Crippen molar-refractivity contribution in [3.63, 3.8) is 0 Å². The molecule has 1 aliphatic rings. The lowest BCUT2D eigenvalue weighted by Gasteiger charge is -2.43. The lowest BCUT2D eigenvalue weighted by molar-refractivity contribution is -0.0865. The number of rotatable bonds is 8. The summed E-state index contributed by atoms with van der Waals surface area (Å²) in [5.74, 6) is 0.833. The first-order valence-corrected chi connectivity index (χ1v) is 9.23. The number of methoxy groups -OCH3 is 1. The Morgan fingerprint density at radius 3 is 2.15 bits per heavy atom. The summed E-state index contributed by atoms with van der Waals surface area (Å²) in [6.45, 7) is 9.77. The normalized spacial score (nSPS) is 27.8. The van der Waals surface area contributed by atoms with Gasteiger partial charge >= 0.3 is 0 Å². The molecule has 0 heterocycles. The van der Waals surface area contributed by atoms with Gasteiger partial charge in [-0.1, -0.05) is 43.4 Å². The standard InChI is InChI=1S/C16H31IO3/c1-15(2,3)14-5-7-16(13-17,8-6-14)20-12-11-19-10-9-18-4/h14H,5-13H2,1-4H3. The average molecular weight is 398 g/mol. The van der Waals surface area contributed by atoms with Gasteiger partial charge in [-0.05, 0) is 37.0 Å². The molecule has 0 saturated heterocycles.